The van der Waals surface area contributed by atoms with E-state index in [-0.39, 0.29) is 12.2 Å². The van der Waals surface area contributed by atoms with Gasteiger partial charge in [0.2, 0.25) is 0 Å². The van der Waals surface area contributed by atoms with E-state index in [1.165, 1.54) is 55.9 Å². The predicted molar refractivity (Wildman–Crippen MR) is 124 cm³/mol. The number of benzene rings is 1. The maximum absolute atomic E-state index is 11.8. The second-order valence-electron chi connectivity index (χ2n) is 9.12. The molecule has 0 saturated carbocycles. The molecule has 2 fully saturated rings. The van der Waals surface area contributed by atoms with Gasteiger partial charge in [-0.1, -0.05) is 15.9 Å². The Bertz CT molecular complexity index is 689. The van der Waals surface area contributed by atoms with E-state index < -0.39 is 0 Å². The molecule has 1 atom stereocenters. The highest BCUT2D eigenvalue weighted by Gasteiger charge is 2.26. The summed E-state index contributed by atoms with van der Waals surface area (Å²) < 4.78 is 12.0. The quantitative estimate of drug-likeness (QED) is 0.526. The second-order valence-corrected chi connectivity index (χ2v) is 9.98. The highest BCUT2D eigenvalue weighted by molar-refractivity contribution is 9.10. The predicted octanol–water partition coefficient (Wildman–Crippen LogP) is 5.36. The number of ether oxygens (including phenoxy) is 2. The molecule has 0 aliphatic carbocycles. The average molecular weight is 481 g/mol. The minimum absolute atomic E-state index is 0.172. The van der Waals surface area contributed by atoms with Crippen LogP contribution in [0.3, 0.4) is 0 Å². The topological polar surface area (TPSA) is 42.0 Å². The molecule has 0 radical (unpaired) electrons. The van der Waals surface area contributed by atoms with Crippen LogP contribution in [0.5, 0.6) is 5.75 Å². The van der Waals surface area contributed by atoms with Crippen molar-refractivity contribution in [2.24, 2.45) is 11.8 Å². The molecule has 1 unspecified atom stereocenters. The van der Waals surface area contributed by atoms with Crippen molar-refractivity contribution in [3.8, 4) is 5.75 Å². The Morgan fingerprint density at radius 1 is 1.17 bits per heavy atom. The van der Waals surface area contributed by atoms with Crippen molar-refractivity contribution in [1.82, 2.24) is 9.80 Å². The van der Waals surface area contributed by atoms with E-state index in [9.17, 15) is 4.79 Å². The van der Waals surface area contributed by atoms with E-state index in [4.69, 9.17) is 9.47 Å². The van der Waals surface area contributed by atoms with Crippen LogP contribution in [0, 0.1) is 11.8 Å². The summed E-state index contributed by atoms with van der Waals surface area (Å²) >= 11 is 3.72. The van der Waals surface area contributed by atoms with E-state index in [2.05, 4.69) is 46.8 Å². The van der Waals surface area contributed by atoms with Crippen LogP contribution >= 0.6 is 15.9 Å². The molecule has 3 rings (SSSR count). The summed E-state index contributed by atoms with van der Waals surface area (Å²) in [6.07, 6.45) is 7.14. The van der Waals surface area contributed by atoms with Crippen LogP contribution in [0.1, 0.15) is 51.5 Å². The van der Waals surface area contributed by atoms with E-state index in [1.54, 1.807) is 0 Å². The SMILES string of the molecule is COC(=O)N1CCCC(CCN2CCC(Cc3cc(OC(C)C)ccc3Br)CC2)C1. The van der Waals surface area contributed by atoms with Gasteiger partial charge in [-0.3, -0.25) is 0 Å². The van der Waals surface area contributed by atoms with Crippen molar-refractivity contribution in [1.29, 1.82) is 0 Å². The zero-order chi connectivity index (χ0) is 21.5. The first-order valence-corrected chi connectivity index (χ1v) is 12.2. The Balaban J connectivity index is 1.41. The van der Waals surface area contributed by atoms with Gasteiger partial charge < -0.3 is 19.3 Å². The van der Waals surface area contributed by atoms with Gasteiger partial charge in [0.1, 0.15) is 5.75 Å². The molecule has 0 N–H and O–H groups in total. The summed E-state index contributed by atoms with van der Waals surface area (Å²) in [7, 11) is 1.47. The number of hydrogen-bond donors (Lipinski definition) is 0. The van der Waals surface area contributed by atoms with Gasteiger partial charge in [-0.05, 0) is 108 Å². The number of carbonyl (C=O) groups excluding carboxylic acids is 1. The number of likely N-dealkylation sites (tertiary alicyclic amines) is 2. The lowest BCUT2D eigenvalue weighted by Crippen LogP contribution is -2.41. The van der Waals surface area contributed by atoms with E-state index >= 15 is 0 Å². The minimum atomic E-state index is -0.172. The summed E-state index contributed by atoms with van der Waals surface area (Å²) in [5, 5.41) is 0. The fourth-order valence-electron chi connectivity index (χ4n) is 4.74. The van der Waals surface area contributed by atoms with Gasteiger partial charge in [-0.25, -0.2) is 4.79 Å². The van der Waals surface area contributed by atoms with Crippen LogP contribution in [0.15, 0.2) is 22.7 Å². The van der Waals surface area contributed by atoms with Crippen LogP contribution in [0.4, 0.5) is 4.79 Å². The van der Waals surface area contributed by atoms with Crippen molar-refractivity contribution in [2.45, 2.75) is 58.5 Å². The number of methoxy groups -OCH3 is 1. The summed E-state index contributed by atoms with van der Waals surface area (Å²) in [6.45, 7) is 9.33. The zero-order valence-electron chi connectivity index (χ0n) is 18.7. The first-order valence-electron chi connectivity index (χ1n) is 11.4. The van der Waals surface area contributed by atoms with Crippen LogP contribution in [0.25, 0.3) is 0 Å². The second kappa shape index (κ2) is 11.4. The fraction of sp³-hybridized carbons (Fsp3) is 0.708. The first-order chi connectivity index (χ1) is 14.4. The number of amides is 1. The molecule has 6 heteroatoms. The number of hydrogen-bond acceptors (Lipinski definition) is 4. The van der Waals surface area contributed by atoms with Gasteiger partial charge in [-0.15, -0.1) is 0 Å². The largest absolute Gasteiger partial charge is 0.491 e. The number of rotatable bonds is 7. The molecule has 2 aliphatic heterocycles. The molecule has 1 aromatic carbocycles. The van der Waals surface area contributed by atoms with Crippen LogP contribution < -0.4 is 4.74 Å². The molecule has 168 valence electrons. The Kier molecular flexibility index (Phi) is 8.87. The Morgan fingerprint density at radius 3 is 2.63 bits per heavy atom. The molecule has 30 heavy (non-hydrogen) atoms. The molecule has 5 nitrogen and oxygen atoms in total. The highest BCUT2D eigenvalue weighted by atomic mass is 79.9. The molecule has 1 aromatic rings. The lowest BCUT2D eigenvalue weighted by molar-refractivity contribution is 0.0954. The van der Waals surface area contributed by atoms with Gasteiger partial charge in [0.15, 0.2) is 0 Å². The van der Waals surface area contributed by atoms with E-state index in [0.717, 1.165) is 44.1 Å². The maximum atomic E-state index is 11.8. The van der Waals surface area contributed by atoms with Gasteiger partial charge in [-0.2, -0.15) is 0 Å². The number of carbonyl (C=O) groups is 1. The Morgan fingerprint density at radius 2 is 1.93 bits per heavy atom. The normalized spacial score (nSPS) is 21.1. The smallest absolute Gasteiger partial charge is 0.409 e. The highest BCUT2D eigenvalue weighted by Crippen LogP contribution is 2.29. The van der Waals surface area contributed by atoms with E-state index in [0.29, 0.717) is 5.92 Å². The molecular formula is C24H37BrN2O3. The third-order valence-corrected chi connectivity index (χ3v) is 7.18. The summed E-state index contributed by atoms with van der Waals surface area (Å²) in [5.74, 6) is 2.31. The van der Waals surface area contributed by atoms with Crippen molar-refractivity contribution >= 4 is 22.0 Å². The van der Waals surface area contributed by atoms with Gasteiger partial charge in [0.05, 0.1) is 13.2 Å². The van der Waals surface area contributed by atoms with Crippen molar-refractivity contribution in [3.63, 3.8) is 0 Å². The summed E-state index contributed by atoms with van der Waals surface area (Å²) in [4.78, 5) is 16.3. The average Bonchev–Trinajstić information content (AvgIpc) is 2.75. The third kappa shape index (κ3) is 6.88. The molecule has 2 saturated heterocycles. The van der Waals surface area contributed by atoms with E-state index in [1.807, 2.05) is 11.0 Å². The Hall–Kier alpha value is -1.27. The van der Waals surface area contributed by atoms with Crippen molar-refractivity contribution in [3.05, 3.63) is 28.2 Å². The van der Waals surface area contributed by atoms with Gasteiger partial charge >= 0.3 is 6.09 Å². The van der Waals surface area contributed by atoms with Crippen LogP contribution in [-0.2, 0) is 11.2 Å². The number of piperidine rings is 2. The maximum Gasteiger partial charge on any atom is 0.409 e. The summed E-state index contributed by atoms with van der Waals surface area (Å²) in [6, 6.07) is 6.36. The molecule has 0 spiro atoms. The van der Waals surface area contributed by atoms with Crippen LogP contribution in [-0.4, -0.2) is 61.8 Å². The van der Waals surface area contributed by atoms with Crippen molar-refractivity contribution in [2.75, 3.05) is 39.8 Å². The van der Waals surface area contributed by atoms with Crippen LogP contribution in [0.2, 0.25) is 0 Å². The zero-order valence-corrected chi connectivity index (χ0v) is 20.3. The number of nitrogens with zero attached hydrogens (tertiary/aromatic N) is 2. The Labute approximate surface area is 190 Å². The van der Waals surface area contributed by atoms with Gasteiger partial charge in [0.25, 0.3) is 0 Å². The van der Waals surface area contributed by atoms with Crippen molar-refractivity contribution < 1.29 is 14.3 Å². The fourth-order valence-corrected chi connectivity index (χ4v) is 5.15. The molecular weight excluding hydrogens is 444 g/mol. The third-order valence-electron chi connectivity index (χ3n) is 6.41. The lowest BCUT2D eigenvalue weighted by atomic mass is 9.89. The molecule has 2 aliphatic rings. The molecule has 1 amide bonds. The monoisotopic (exact) mass is 480 g/mol. The standard InChI is InChI=1S/C24H37BrN2O3/c1-18(2)30-22-6-7-23(25)21(16-22)15-19-8-12-26(13-9-19)14-10-20-5-4-11-27(17-20)24(28)29-3/h6-7,16,18-20H,4-5,8-15,17H2,1-3H3. The first kappa shape index (κ1) is 23.4. The molecule has 2 heterocycles. The molecule has 0 aromatic heterocycles. The lowest BCUT2D eigenvalue weighted by Gasteiger charge is -2.35. The van der Waals surface area contributed by atoms with Gasteiger partial charge in [0, 0.05) is 17.6 Å². The number of halogens is 1. The summed E-state index contributed by atoms with van der Waals surface area (Å²) in [5.41, 5.74) is 1.36. The molecule has 0 bridgehead atoms. The minimum Gasteiger partial charge on any atom is -0.491 e.